The van der Waals surface area contributed by atoms with E-state index in [2.05, 4.69) is 0 Å². The van der Waals surface area contributed by atoms with Gasteiger partial charge in [0, 0.05) is 0 Å². The number of halogens is 9. The zero-order valence-corrected chi connectivity index (χ0v) is 9.40. The van der Waals surface area contributed by atoms with Crippen molar-refractivity contribution in [3.63, 3.8) is 0 Å². The Kier molecular flexibility index (Phi) is 2.65. The zero-order valence-electron chi connectivity index (χ0n) is 9.40. The highest BCUT2D eigenvalue weighted by Crippen LogP contribution is 2.67. The number of rotatable bonds is 0. The Labute approximate surface area is 96.1 Å². The fourth-order valence-electron chi connectivity index (χ4n) is 1.91. The van der Waals surface area contributed by atoms with E-state index in [1.54, 1.807) is 0 Å². The van der Waals surface area contributed by atoms with E-state index in [4.69, 9.17) is 0 Å². The molecule has 108 valence electrons. The Morgan fingerprint density at radius 2 is 0.500 bits per heavy atom. The van der Waals surface area contributed by atoms with Crippen molar-refractivity contribution < 1.29 is 39.5 Å². The number of alkyl halides is 9. The molecule has 1 aliphatic rings. The second-order valence-electron chi connectivity index (χ2n) is 4.73. The Morgan fingerprint density at radius 1 is 0.389 bits per heavy atom. The summed E-state index contributed by atoms with van der Waals surface area (Å²) in [5.74, 6) is -17.3. The molecule has 0 N–H and O–H groups in total. The highest BCUT2D eigenvalue weighted by molar-refractivity contribution is 5.28. The highest BCUT2D eigenvalue weighted by atomic mass is 19.3. The Balaban J connectivity index is 3.72. The third-order valence-corrected chi connectivity index (χ3v) is 3.54. The molecule has 1 saturated carbocycles. The minimum Gasteiger partial charge on any atom is -0.230 e. The molecule has 9 heteroatoms. The van der Waals surface area contributed by atoms with Gasteiger partial charge in [-0.1, -0.05) is 0 Å². The van der Waals surface area contributed by atoms with Crippen LogP contribution in [0.4, 0.5) is 39.5 Å². The van der Waals surface area contributed by atoms with Crippen molar-refractivity contribution in [3.05, 3.63) is 0 Å². The lowest BCUT2D eigenvalue weighted by molar-refractivity contribution is -0.423. The van der Waals surface area contributed by atoms with Crippen molar-refractivity contribution in [3.8, 4) is 0 Å². The predicted molar refractivity (Wildman–Crippen MR) is 43.4 cm³/mol. The molecule has 0 atom stereocenters. The van der Waals surface area contributed by atoms with Crippen LogP contribution < -0.4 is 0 Å². The topological polar surface area (TPSA) is 0 Å². The molecule has 0 saturated heterocycles. The molecular weight excluding hydrogens is 279 g/mol. The van der Waals surface area contributed by atoms with Crippen LogP contribution in [-0.2, 0) is 0 Å². The maximum Gasteiger partial charge on any atom is 0.326 e. The van der Waals surface area contributed by atoms with Gasteiger partial charge in [0.05, 0.1) is 0 Å². The van der Waals surface area contributed by atoms with Crippen molar-refractivity contribution in [2.45, 2.75) is 55.5 Å². The maximum atomic E-state index is 13.4. The Bertz CT molecular complexity index is 249. The van der Waals surface area contributed by atoms with Crippen LogP contribution in [0.25, 0.3) is 0 Å². The summed E-state index contributed by atoms with van der Waals surface area (Å²) in [6.45, 7) is -1.51. The second kappa shape index (κ2) is 3.09. The fourth-order valence-corrected chi connectivity index (χ4v) is 1.91. The average Bonchev–Trinajstić information content (AvgIpc) is 2.14. The van der Waals surface area contributed by atoms with E-state index in [0.717, 1.165) is 0 Å². The summed E-state index contributed by atoms with van der Waals surface area (Å²) in [5.41, 5.74) is -15.3. The van der Waals surface area contributed by atoms with Gasteiger partial charge in [0.1, 0.15) is 0 Å². The van der Waals surface area contributed by atoms with E-state index >= 15 is 0 Å². The molecule has 1 fully saturated rings. The van der Waals surface area contributed by atoms with Gasteiger partial charge in [-0.25, -0.2) is 13.2 Å². The molecule has 0 aliphatic heterocycles. The maximum absolute atomic E-state index is 13.4. The van der Waals surface area contributed by atoms with E-state index < -0.39 is 55.5 Å². The SMILES string of the molecule is CC1(F)C(F)(F)C(C)(F)C(F)(F)C(C)(F)C1(F)F. The van der Waals surface area contributed by atoms with Gasteiger partial charge in [0.25, 0.3) is 0 Å². The van der Waals surface area contributed by atoms with Gasteiger partial charge >= 0.3 is 17.8 Å². The van der Waals surface area contributed by atoms with Crippen molar-refractivity contribution in [1.82, 2.24) is 0 Å². The molecule has 0 heterocycles. The molecule has 0 aromatic rings. The number of hydrogen-bond acceptors (Lipinski definition) is 0. The van der Waals surface area contributed by atoms with Crippen molar-refractivity contribution in [2.24, 2.45) is 0 Å². The molecule has 18 heavy (non-hydrogen) atoms. The first-order chi connectivity index (χ1) is 7.50. The molecule has 0 radical (unpaired) electrons. The van der Waals surface area contributed by atoms with Crippen molar-refractivity contribution >= 4 is 0 Å². The van der Waals surface area contributed by atoms with E-state index in [0.29, 0.717) is 0 Å². The highest BCUT2D eigenvalue weighted by Gasteiger charge is 2.94. The first-order valence-corrected chi connectivity index (χ1v) is 4.70. The van der Waals surface area contributed by atoms with Crippen LogP contribution in [0.2, 0.25) is 0 Å². The first kappa shape index (κ1) is 15.4. The standard InChI is InChI=1S/C9H9F9/c1-4(10)7(13,14)5(2,11)9(17,18)6(3,12)8(4,15)16/h1-3H3. The normalized spacial score (nSPS) is 50.0. The molecule has 0 spiro atoms. The molecule has 0 nitrogen and oxygen atoms in total. The summed E-state index contributed by atoms with van der Waals surface area (Å²) >= 11 is 0. The predicted octanol–water partition coefficient (Wildman–Crippen LogP) is 4.09. The summed E-state index contributed by atoms with van der Waals surface area (Å²) in [6, 6.07) is 0. The first-order valence-electron chi connectivity index (χ1n) is 4.70. The van der Waals surface area contributed by atoms with E-state index in [1.807, 2.05) is 0 Å². The van der Waals surface area contributed by atoms with Crippen molar-refractivity contribution in [1.29, 1.82) is 0 Å². The zero-order chi connectivity index (χ0) is 15.0. The van der Waals surface area contributed by atoms with Crippen LogP contribution in [0.3, 0.4) is 0 Å². The summed E-state index contributed by atoms with van der Waals surface area (Å²) < 4.78 is 120. The smallest absolute Gasteiger partial charge is 0.230 e. The summed E-state index contributed by atoms with van der Waals surface area (Å²) in [6.07, 6.45) is 0. The fraction of sp³-hybridized carbons (Fsp3) is 1.00. The van der Waals surface area contributed by atoms with Crippen LogP contribution in [0.5, 0.6) is 0 Å². The third-order valence-electron chi connectivity index (χ3n) is 3.54. The Morgan fingerprint density at radius 3 is 0.611 bits per heavy atom. The van der Waals surface area contributed by atoms with Crippen molar-refractivity contribution in [2.75, 3.05) is 0 Å². The van der Waals surface area contributed by atoms with Crippen LogP contribution in [0.1, 0.15) is 20.8 Å². The minimum atomic E-state index is -5.78. The molecular formula is C9H9F9. The van der Waals surface area contributed by atoms with Gasteiger partial charge in [-0.05, 0) is 20.8 Å². The summed E-state index contributed by atoms with van der Waals surface area (Å²) in [4.78, 5) is 0. The summed E-state index contributed by atoms with van der Waals surface area (Å²) in [7, 11) is 0. The largest absolute Gasteiger partial charge is 0.326 e. The van der Waals surface area contributed by atoms with Crippen LogP contribution in [0.15, 0.2) is 0 Å². The minimum absolute atomic E-state index is 0.502. The van der Waals surface area contributed by atoms with Gasteiger partial charge in [-0.3, -0.25) is 0 Å². The second-order valence-corrected chi connectivity index (χ2v) is 4.73. The molecule has 1 aliphatic carbocycles. The molecule has 1 rings (SSSR count). The molecule has 0 aromatic carbocycles. The molecule has 0 bridgehead atoms. The van der Waals surface area contributed by atoms with Gasteiger partial charge in [0.2, 0.25) is 17.0 Å². The molecule has 0 amide bonds. The summed E-state index contributed by atoms with van der Waals surface area (Å²) in [5, 5.41) is 0. The lowest BCUT2D eigenvalue weighted by Gasteiger charge is -2.55. The number of hydrogen-bond donors (Lipinski definition) is 0. The van der Waals surface area contributed by atoms with Gasteiger partial charge < -0.3 is 0 Å². The molecule has 0 aromatic heterocycles. The average molecular weight is 288 g/mol. The Hall–Kier alpha value is -0.630. The third kappa shape index (κ3) is 1.11. The van der Waals surface area contributed by atoms with Crippen LogP contribution in [0, 0.1) is 0 Å². The van der Waals surface area contributed by atoms with E-state index in [-0.39, 0.29) is 0 Å². The lowest BCUT2D eigenvalue weighted by Crippen LogP contribution is -2.83. The lowest BCUT2D eigenvalue weighted by atomic mass is 9.64. The van der Waals surface area contributed by atoms with E-state index in [9.17, 15) is 39.5 Å². The van der Waals surface area contributed by atoms with Gasteiger partial charge in [-0.15, -0.1) is 0 Å². The van der Waals surface area contributed by atoms with Gasteiger partial charge in [0.15, 0.2) is 0 Å². The molecule has 0 unspecified atom stereocenters. The van der Waals surface area contributed by atoms with E-state index in [1.165, 1.54) is 0 Å². The van der Waals surface area contributed by atoms with Crippen LogP contribution in [-0.4, -0.2) is 34.8 Å². The quantitative estimate of drug-likeness (QED) is 0.589. The van der Waals surface area contributed by atoms with Crippen LogP contribution >= 0.6 is 0 Å². The monoisotopic (exact) mass is 288 g/mol. The van der Waals surface area contributed by atoms with Gasteiger partial charge in [-0.2, -0.15) is 26.3 Å².